The van der Waals surface area contributed by atoms with Crippen molar-refractivity contribution >= 4 is 11.7 Å². The van der Waals surface area contributed by atoms with E-state index in [9.17, 15) is 4.79 Å². The van der Waals surface area contributed by atoms with Gasteiger partial charge in [-0.1, -0.05) is 0 Å². The Kier molecular flexibility index (Phi) is 3.92. The van der Waals surface area contributed by atoms with Crippen LogP contribution < -0.4 is 4.90 Å². The number of carbonyl (C=O) groups is 1. The van der Waals surface area contributed by atoms with Crippen molar-refractivity contribution in [2.75, 3.05) is 44.3 Å². The average molecular weight is 341 g/mol. The van der Waals surface area contributed by atoms with Crippen LogP contribution in [0.1, 0.15) is 36.0 Å². The predicted octanol–water partition coefficient (Wildman–Crippen LogP) is 2.43. The molecule has 2 atom stereocenters. The Balaban J connectivity index is 1.28. The summed E-state index contributed by atoms with van der Waals surface area (Å²) < 4.78 is 5.32. The fourth-order valence-electron chi connectivity index (χ4n) is 5.69. The van der Waals surface area contributed by atoms with Crippen molar-refractivity contribution in [1.82, 2.24) is 9.88 Å². The van der Waals surface area contributed by atoms with Gasteiger partial charge in [-0.25, -0.2) is 4.98 Å². The molecule has 3 heterocycles. The molecule has 0 unspecified atom stereocenters. The molecule has 2 aliphatic heterocycles. The lowest BCUT2D eigenvalue weighted by molar-refractivity contribution is 0.0302. The summed E-state index contributed by atoms with van der Waals surface area (Å²) in [4.78, 5) is 21.5. The van der Waals surface area contributed by atoms with Crippen molar-refractivity contribution in [3.05, 3.63) is 23.9 Å². The Hall–Kier alpha value is -1.62. The molecule has 5 fully saturated rings. The molecule has 0 N–H and O–H groups in total. The van der Waals surface area contributed by atoms with E-state index in [1.807, 2.05) is 17.0 Å². The van der Waals surface area contributed by atoms with Gasteiger partial charge >= 0.3 is 0 Å². The summed E-state index contributed by atoms with van der Waals surface area (Å²) in [6.45, 7) is 4.95. The van der Waals surface area contributed by atoms with Crippen LogP contribution in [0.2, 0.25) is 0 Å². The Labute approximate surface area is 149 Å². The van der Waals surface area contributed by atoms with Gasteiger partial charge in [0.1, 0.15) is 5.82 Å². The lowest BCUT2D eigenvalue weighted by Gasteiger charge is -2.44. The molecule has 25 heavy (non-hydrogen) atoms. The van der Waals surface area contributed by atoms with E-state index in [1.54, 1.807) is 6.20 Å². The van der Waals surface area contributed by atoms with E-state index in [0.717, 1.165) is 42.6 Å². The van der Waals surface area contributed by atoms with Gasteiger partial charge in [-0.2, -0.15) is 0 Å². The first-order chi connectivity index (χ1) is 12.3. The maximum atomic E-state index is 12.5. The number of ether oxygens (including phenoxy) is 1. The van der Waals surface area contributed by atoms with Crippen LogP contribution in [-0.4, -0.2) is 55.2 Å². The highest BCUT2D eigenvalue weighted by molar-refractivity contribution is 5.94. The molecule has 0 spiro atoms. The molecule has 2 saturated heterocycles. The number of aromatic nitrogens is 1. The highest BCUT2D eigenvalue weighted by Gasteiger charge is 2.48. The zero-order valence-electron chi connectivity index (χ0n) is 14.8. The first-order valence-electron chi connectivity index (χ1n) is 9.87. The normalized spacial score (nSPS) is 34.2. The summed E-state index contributed by atoms with van der Waals surface area (Å²) in [6.07, 6.45) is 7.55. The monoisotopic (exact) mass is 341 g/mol. The third kappa shape index (κ3) is 2.73. The Bertz CT molecular complexity index is 613. The third-order valence-electron chi connectivity index (χ3n) is 7.06. The molecule has 5 aliphatic rings. The number of pyridine rings is 1. The molecule has 2 bridgehead atoms. The van der Waals surface area contributed by atoms with Gasteiger partial charge in [-0.3, -0.25) is 4.79 Å². The molecule has 1 amide bonds. The highest BCUT2D eigenvalue weighted by atomic mass is 16.5. The van der Waals surface area contributed by atoms with Gasteiger partial charge in [0.25, 0.3) is 5.91 Å². The topological polar surface area (TPSA) is 45.7 Å². The van der Waals surface area contributed by atoms with Gasteiger partial charge < -0.3 is 14.5 Å². The Morgan fingerprint density at radius 1 is 1.00 bits per heavy atom. The van der Waals surface area contributed by atoms with Crippen molar-refractivity contribution in [1.29, 1.82) is 0 Å². The zero-order chi connectivity index (χ0) is 16.8. The van der Waals surface area contributed by atoms with Gasteiger partial charge in [-0.05, 0) is 61.5 Å². The van der Waals surface area contributed by atoms with Gasteiger partial charge in [0.2, 0.25) is 0 Å². The lowest BCUT2D eigenvalue weighted by Crippen LogP contribution is -2.40. The predicted molar refractivity (Wildman–Crippen MR) is 95.6 cm³/mol. The Morgan fingerprint density at radius 3 is 2.20 bits per heavy atom. The van der Waals surface area contributed by atoms with E-state index in [1.165, 1.54) is 25.7 Å². The van der Waals surface area contributed by atoms with Crippen LogP contribution in [0.15, 0.2) is 18.3 Å². The van der Waals surface area contributed by atoms with E-state index in [4.69, 9.17) is 4.74 Å². The minimum atomic E-state index is 0.0792. The molecule has 1 aromatic heterocycles. The standard InChI is InChI=1S/C20H27N3O2/c24-20(22-7-9-25-10-8-22)16-5-6-19(21-11-16)23-12-17-14-1-2-15(4-3-14)18(17)13-23/h5-6,11,14-15,17-18H,1-4,7-10,12-13H2/t14?,15?,17-,18+. The second-order valence-corrected chi connectivity index (χ2v) is 8.22. The van der Waals surface area contributed by atoms with Gasteiger partial charge in [0.15, 0.2) is 0 Å². The van der Waals surface area contributed by atoms with Crippen LogP contribution in [0.25, 0.3) is 0 Å². The van der Waals surface area contributed by atoms with Crippen LogP contribution in [0, 0.1) is 23.7 Å². The fourth-order valence-corrected chi connectivity index (χ4v) is 5.69. The number of hydrogen-bond donors (Lipinski definition) is 0. The van der Waals surface area contributed by atoms with Gasteiger partial charge in [0.05, 0.1) is 18.8 Å². The maximum Gasteiger partial charge on any atom is 0.255 e. The van der Waals surface area contributed by atoms with Crippen molar-refractivity contribution < 1.29 is 9.53 Å². The molecule has 6 rings (SSSR count). The summed E-state index contributed by atoms with van der Waals surface area (Å²) in [6, 6.07) is 4.00. The third-order valence-corrected chi connectivity index (χ3v) is 7.06. The van der Waals surface area contributed by atoms with E-state index >= 15 is 0 Å². The van der Waals surface area contributed by atoms with Gasteiger partial charge in [0, 0.05) is 32.4 Å². The number of fused-ring (bicyclic) bond motifs is 2. The van der Waals surface area contributed by atoms with Crippen LogP contribution in [0.4, 0.5) is 5.82 Å². The van der Waals surface area contributed by atoms with Gasteiger partial charge in [-0.15, -0.1) is 0 Å². The largest absolute Gasteiger partial charge is 0.378 e. The van der Waals surface area contributed by atoms with Crippen LogP contribution in [0.3, 0.4) is 0 Å². The van der Waals surface area contributed by atoms with Crippen LogP contribution >= 0.6 is 0 Å². The first kappa shape index (κ1) is 15.6. The summed E-state index contributed by atoms with van der Waals surface area (Å²) >= 11 is 0. The minimum absolute atomic E-state index is 0.0792. The number of anilines is 1. The van der Waals surface area contributed by atoms with Crippen LogP contribution in [0.5, 0.6) is 0 Å². The average Bonchev–Trinajstić information content (AvgIpc) is 3.17. The van der Waals surface area contributed by atoms with E-state index in [0.29, 0.717) is 31.9 Å². The van der Waals surface area contributed by atoms with E-state index < -0.39 is 0 Å². The van der Waals surface area contributed by atoms with E-state index in [2.05, 4.69) is 9.88 Å². The zero-order valence-corrected chi connectivity index (χ0v) is 14.8. The SMILES string of the molecule is O=C(c1ccc(N2C[C@@H]3C4CCC(CC4)[C@@H]3C2)nc1)N1CCOCC1. The van der Waals surface area contributed by atoms with Crippen molar-refractivity contribution in [3.63, 3.8) is 0 Å². The number of amides is 1. The number of rotatable bonds is 2. The highest BCUT2D eigenvalue weighted by Crippen LogP contribution is 2.52. The van der Waals surface area contributed by atoms with E-state index in [-0.39, 0.29) is 5.91 Å². The maximum absolute atomic E-state index is 12.5. The summed E-state index contributed by atoms with van der Waals surface area (Å²) in [5.74, 6) is 4.78. The molecule has 0 aromatic carbocycles. The number of nitrogens with zero attached hydrogens (tertiary/aromatic N) is 3. The van der Waals surface area contributed by atoms with Crippen molar-refractivity contribution in [2.45, 2.75) is 25.7 Å². The Morgan fingerprint density at radius 2 is 1.64 bits per heavy atom. The molecule has 3 saturated carbocycles. The molecular formula is C20H27N3O2. The number of carbonyl (C=O) groups excluding carboxylic acids is 1. The molecule has 5 nitrogen and oxygen atoms in total. The molecule has 1 aromatic rings. The summed E-state index contributed by atoms with van der Waals surface area (Å²) in [5.41, 5.74) is 0.697. The quantitative estimate of drug-likeness (QED) is 0.829. The fraction of sp³-hybridized carbons (Fsp3) is 0.700. The summed E-state index contributed by atoms with van der Waals surface area (Å²) in [5, 5.41) is 0. The molecule has 0 radical (unpaired) electrons. The second-order valence-electron chi connectivity index (χ2n) is 8.22. The molecule has 3 aliphatic carbocycles. The summed E-state index contributed by atoms with van der Waals surface area (Å²) in [7, 11) is 0. The second kappa shape index (κ2) is 6.27. The molecule has 134 valence electrons. The molecular weight excluding hydrogens is 314 g/mol. The minimum Gasteiger partial charge on any atom is -0.378 e. The first-order valence-corrected chi connectivity index (χ1v) is 9.87. The molecule has 5 heteroatoms. The lowest BCUT2D eigenvalue weighted by atomic mass is 9.60. The smallest absolute Gasteiger partial charge is 0.255 e. The van der Waals surface area contributed by atoms with Crippen molar-refractivity contribution in [3.8, 4) is 0 Å². The number of hydrogen-bond acceptors (Lipinski definition) is 4. The van der Waals surface area contributed by atoms with Crippen molar-refractivity contribution in [2.24, 2.45) is 23.7 Å². The number of morpholine rings is 1. The van der Waals surface area contributed by atoms with Crippen LogP contribution in [-0.2, 0) is 4.74 Å².